The molecule has 17 heavy (non-hydrogen) atoms. The summed E-state index contributed by atoms with van der Waals surface area (Å²) in [5.41, 5.74) is -1.55. The van der Waals surface area contributed by atoms with E-state index in [-0.39, 0.29) is 5.92 Å². The SMILES string of the molecule is COC(=O)[C@](C)(NC(=O)OC(C)(C)C)C1CC1. The second kappa shape index (κ2) is 4.55. The lowest BCUT2D eigenvalue weighted by Gasteiger charge is -2.29. The van der Waals surface area contributed by atoms with Gasteiger partial charge in [-0.3, -0.25) is 0 Å². The highest BCUT2D eigenvalue weighted by Crippen LogP contribution is 2.40. The Morgan fingerprint density at radius 1 is 1.18 bits per heavy atom. The third-order valence-corrected chi connectivity index (χ3v) is 2.76. The molecule has 1 fully saturated rings. The van der Waals surface area contributed by atoms with Crippen LogP contribution in [-0.4, -0.2) is 30.3 Å². The first-order chi connectivity index (χ1) is 7.69. The summed E-state index contributed by atoms with van der Waals surface area (Å²) in [6.45, 7) is 7.01. The first kappa shape index (κ1) is 13.8. The summed E-state index contributed by atoms with van der Waals surface area (Å²) < 4.78 is 9.89. The number of carbonyl (C=O) groups is 2. The number of methoxy groups -OCH3 is 1. The molecular weight excluding hydrogens is 222 g/mol. The van der Waals surface area contributed by atoms with Crippen LogP contribution in [0.4, 0.5) is 4.79 Å². The third-order valence-electron chi connectivity index (χ3n) is 2.76. The van der Waals surface area contributed by atoms with Crippen molar-refractivity contribution < 1.29 is 19.1 Å². The van der Waals surface area contributed by atoms with Gasteiger partial charge in [0.1, 0.15) is 11.1 Å². The molecule has 1 saturated carbocycles. The van der Waals surface area contributed by atoms with Gasteiger partial charge in [0, 0.05) is 0 Å². The van der Waals surface area contributed by atoms with E-state index in [2.05, 4.69) is 5.32 Å². The quantitative estimate of drug-likeness (QED) is 0.768. The predicted octanol–water partition coefficient (Wildman–Crippen LogP) is 1.85. The Kier molecular flexibility index (Phi) is 3.69. The highest BCUT2D eigenvalue weighted by atomic mass is 16.6. The van der Waals surface area contributed by atoms with Crippen LogP contribution in [-0.2, 0) is 14.3 Å². The molecule has 0 saturated heterocycles. The van der Waals surface area contributed by atoms with E-state index in [1.54, 1.807) is 27.7 Å². The molecule has 1 aliphatic carbocycles. The Balaban J connectivity index is 2.68. The minimum Gasteiger partial charge on any atom is -0.467 e. The highest BCUT2D eigenvalue weighted by Gasteiger charge is 2.49. The molecular formula is C12H21NO4. The molecule has 0 bridgehead atoms. The van der Waals surface area contributed by atoms with Gasteiger partial charge in [0.25, 0.3) is 0 Å². The zero-order valence-corrected chi connectivity index (χ0v) is 11.1. The summed E-state index contributed by atoms with van der Waals surface area (Å²) in [6, 6.07) is 0. The van der Waals surface area contributed by atoms with Crippen LogP contribution < -0.4 is 5.32 Å². The molecule has 0 radical (unpaired) electrons. The normalized spacial score (nSPS) is 19.1. The smallest absolute Gasteiger partial charge is 0.408 e. The summed E-state index contributed by atoms with van der Waals surface area (Å²) >= 11 is 0. The summed E-state index contributed by atoms with van der Waals surface area (Å²) in [6.07, 6.45) is 1.25. The minimum absolute atomic E-state index is 0.141. The van der Waals surface area contributed by atoms with Gasteiger partial charge in [0.05, 0.1) is 7.11 Å². The number of nitrogens with one attached hydrogen (secondary N) is 1. The van der Waals surface area contributed by atoms with Crippen LogP contribution in [0.15, 0.2) is 0 Å². The minimum atomic E-state index is -0.975. The maximum Gasteiger partial charge on any atom is 0.408 e. The zero-order valence-electron chi connectivity index (χ0n) is 11.1. The fourth-order valence-electron chi connectivity index (χ4n) is 1.71. The monoisotopic (exact) mass is 243 g/mol. The number of esters is 1. The first-order valence-electron chi connectivity index (χ1n) is 5.78. The van der Waals surface area contributed by atoms with Gasteiger partial charge in [-0.1, -0.05) is 0 Å². The first-order valence-corrected chi connectivity index (χ1v) is 5.78. The van der Waals surface area contributed by atoms with E-state index in [0.29, 0.717) is 0 Å². The van der Waals surface area contributed by atoms with E-state index in [1.807, 2.05) is 0 Å². The summed E-state index contributed by atoms with van der Waals surface area (Å²) in [4.78, 5) is 23.4. The van der Waals surface area contributed by atoms with E-state index < -0.39 is 23.2 Å². The van der Waals surface area contributed by atoms with Crippen LogP contribution in [0.2, 0.25) is 0 Å². The molecule has 1 amide bonds. The van der Waals surface area contributed by atoms with Crippen molar-refractivity contribution in [3.8, 4) is 0 Å². The lowest BCUT2D eigenvalue weighted by molar-refractivity contribution is -0.148. The molecule has 98 valence electrons. The maximum atomic E-state index is 11.7. The molecule has 0 aromatic rings. The fourth-order valence-corrected chi connectivity index (χ4v) is 1.71. The van der Waals surface area contributed by atoms with Gasteiger partial charge in [0.2, 0.25) is 0 Å². The summed E-state index contributed by atoms with van der Waals surface area (Å²) in [5, 5.41) is 2.63. The van der Waals surface area contributed by atoms with Gasteiger partial charge >= 0.3 is 12.1 Å². The molecule has 1 atom stereocenters. The average molecular weight is 243 g/mol. The zero-order chi connectivity index (χ0) is 13.3. The van der Waals surface area contributed by atoms with Crippen molar-refractivity contribution in [2.75, 3.05) is 7.11 Å². The van der Waals surface area contributed by atoms with Crippen LogP contribution in [0.3, 0.4) is 0 Å². The van der Waals surface area contributed by atoms with Gasteiger partial charge in [0.15, 0.2) is 0 Å². The van der Waals surface area contributed by atoms with Crippen molar-refractivity contribution in [1.29, 1.82) is 0 Å². The van der Waals surface area contributed by atoms with E-state index in [4.69, 9.17) is 9.47 Å². The molecule has 5 nitrogen and oxygen atoms in total. The standard InChI is InChI=1S/C12H21NO4/c1-11(2,3)17-10(15)13-12(4,8-6-7-8)9(14)16-5/h8H,6-7H2,1-5H3,(H,13,15)/t12-/m1/s1. The van der Waals surface area contributed by atoms with Gasteiger partial charge in [-0.05, 0) is 46.5 Å². The van der Waals surface area contributed by atoms with Crippen molar-refractivity contribution in [3.05, 3.63) is 0 Å². The number of hydrogen-bond donors (Lipinski definition) is 1. The van der Waals surface area contributed by atoms with Gasteiger partial charge < -0.3 is 14.8 Å². The number of amides is 1. The van der Waals surface area contributed by atoms with E-state index in [0.717, 1.165) is 12.8 Å². The Labute approximate surface area is 102 Å². The topological polar surface area (TPSA) is 64.6 Å². The Hall–Kier alpha value is -1.26. The number of ether oxygens (including phenoxy) is 2. The van der Waals surface area contributed by atoms with Gasteiger partial charge in [-0.15, -0.1) is 0 Å². The third kappa shape index (κ3) is 3.61. The van der Waals surface area contributed by atoms with E-state index >= 15 is 0 Å². The van der Waals surface area contributed by atoms with Crippen molar-refractivity contribution in [1.82, 2.24) is 5.32 Å². The summed E-state index contributed by atoms with van der Waals surface area (Å²) in [5.74, 6) is -0.284. The molecule has 0 aliphatic heterocycles. The number of rotatable bonds is 3. The number of alkyl carbamates (subject to hydrolysis) is 1. The van der Waals surface area contributed by atoms with Crippen LogP contribution in [0.1, 0.15) is 40.5 Å². The van der Waals surface area contributed by atoms with Crippen LogP contribution >= 0.6 is 0 Å². The van der Waals surface area contributed by atoms with Crippen molar-refractivity contribution in [3.63, 3.8) is 0 Å². The molecule has 0 aromatic heterocycles. The van der Waals surface area contributed by atoms with Gasteiger partial charge in [-0.2, -0.15) is 0 Å². The fraction of sp³-hybridized carbons (Fsp3) is 0.833. The van der Waals surface area contributed by atoms with Crippen molar-refractivity contribution in [2.24, 2.45) is 5.92 Å². The average Bonchev–Trinajstić information content (AvgIpc) is 2.95. The Bertz CT molecular complexity index is 317. The van der Waals surface area contributed by atoms with Crippen LogP contribution in [0, 0.1) is 5.92 Å². The number of hydrogen-bond acceptors (Lipinski definition) is 4. The molecule has 0 aromatic carbocycles. The summed E-state index contributed by atoms with van der Waals surface area (Å²) in [7, 11) is 1.32. The van der Waals surface area contributed by atoms with Crippen LogP contribution in [0.5, 0.6) is 0 Å². The molecule has 1 rings (SSSR count). The molecule has 1 N–H and O–H groups in total. The second-order valence-electron chi connectivity index (χ2n) is 5.60. The maximum absolute atomic E-state index is 11.7. The predicted molar refractivity (Wildman–Crippen MR) is 62.5 cm³/mol. The largest absolute Gasteiger partial charge is 0.467 e. The lowest BCUT2D eigenvalue weighted by Crippen LogP contribution is -2.55. The molecule has 0 unspecified atom stereocenters. The Morgan fingerprint density at radius 3 is 2.06 bits per heavy atom. The van der Waals surface area contributed by atoms with E-state index in [9.17, 15) is 9.59 Å². The number of carbonyl (C=O) groups excluding carboxylic acids is 2. The highest BCUT2D eigenvalue weighted by molar-refractivity contribution is 5.86. The molecule has 1 aliphatic rings. The Morgan fingerprint density at radius 2 is 1.71 bits per heavy atom. The lowest BCUT2D eigenvalue weighted by atomic mass is 9.96. The molecule has 0 heterocycles. The van der Waals surface area contributed by atoms with E-state index in [1.165, 1.54) is 7.11 Å². The van der Waals surface area contributed by atoms with Crippen molar-refractivity contribution in [2.45, 2.75) is 51.7 Å². The molecule has 5 heteroatoms. The van der Waals surface area contributed by atoms with Crippen molar-refractivity contribution >= 4 is 12.1 Å². The van der Waals surface area contributed by atoms with Crippen LogP contribution in [0.25, 0.3) is 0 Å². The van der Waals surface area contributed by atoms with Gasteiger partial charge in [-0.25, -0.2) is 9.59 Å². The molecule has 0 spiro atoms. The second-order valence-corrected chi connectivity index (χ2v) is 5.60.